The van der Waals surface area contributed by atoms with E-state index in [1.165, 1.54) is 6.07 Å². The number of benzene rings is 1. The van der Waals surface area contributed by atoms with Gasteiger partial charge in [0.2, 0.25) is 5.91 Å². The van der Waals surface area contributed by atoms with Crippen molar-refractivity contribution in [3.8, 4) is 0 Å². The molecule has 96 valence electrons. The summed E-state index contributed by atoms with van der Waals surface area (Å²) in [6.45, 7) is 0.351. The van der Waals surface area contributed by atoms with Crippen molar-refractivity contribution in [2.24, 2.45) is 5.73 Å². The number of amides is 1. The van der Waals surface area contributed by atoms with E-state index in [0.717, 1.165) is 5.56 Å². The molecule has 0 unspecified atom stereocenters. The molecule has 1 aliphatic carbocycles. The summed E-state index contributed by atoms with van der Waals surface area (Å²) in [7, 11) is 0. The Hall–Kier alpha value is -1.59. The van der Waals surface area contributed by atoms with Gasteiger partial charge < -0.3 is 10.8 Å². The summed E-state index contributed by atoms with van der Waals surface area (Å²) < 4.78 is 0. The first-order valence-electron chi connectivity index (χ1n) is 5.51. The van der Waals surface area contributed by atoms with Crippen LogP contribution in [0.5, 0.6) is 0 Å². The van der Waals surface area contributed by atoms with Gasteiger partial charge in [-0.3, -0.25) is 14.9 Å². The van der Waals surface area contributed by atoms with Crippen LogP contribution in [0, 0.1) is 0 Å². The van der Waals surface area contributed by atoms with E-state index in [4.69, 9.17) is 22.4 Å². The number of hydrogen-bond donors (Lipinski definition) is 3. The van der Waals surface area contributed by atoms with Gasteiger partial charge in [0.15, 0.2) is 0 Å². The minimum Gasteiger partial charge on any atom is -0.480 e. The standard InChI is InChI=1S/C12H13ClN2O3/c13-9-5-7(10(14)16)1-2-8(9)6-15-12(3-4-12)11(17)18/h1-2,5,15H,3-4,6H2,(H2,14,16)(H,17,18). The molecule has 1 saturated carbocycles. The van der Waals surface area contributed by atoms with Crippen molar-refractivity contribution in [3.05, 3.63) is 34.3 Å². The predicted octanol–water partition coefficient (Wildman–Crippen LogP) is 1.15. The van der Waals surface area contributed by atoms with Gasteiger partial charge in [0.1, 0.15) is 5.54 Å². The van der Waals surface area contributed by atoms with Gasteiger partial charge in [0.05, 0.1) is 0 Å². The van der Waals surface area contributed by atoms with E-state index in [1.54, 1.807) is 12.1 Å². The number of nitrogens with two attached hydrogens (primary N) is 1. The Labute approximate surface area is 109 Å². The third-order valence-corrected chi connectivity index (χ3v) is 3.47. The van der Waals surface area contributed by atoms with Gasteiger partial charge in [0, 0.05) is 17.1 Å². The van der Waals surface area contributed by atoms with Crippen LogP contribution < -0.4 is 11.1 Å². The lowest BCUT2D eigenvalue weighted by atomic mass is 10.1. The van der Waals surface area contributed by atoms with E-state index in [0.29, 0.717) is 30.0 Å². The molecule has 0 aliphatic heterocycles. The molecule has 1 amide bonds. The molecule has 0 heterocycles. The van der Waals surface area contributed by atoms with Crippen LogP contribution in [0.4, 0.5) is 0 Å². The normalized spacial score (nSPS) is 16.3. The highest BCUT2D eigenvalue weighted by Crippen LogP contribution is 2.36. The lowest BCUT2D eigenvalue weighted by Crippen LogP contribution is -2.38. The van der Waals surface area contributed by atoms with Crippen LogP contribution in [-0.4, -0.2) is 22.5 Å². The zero-order valence-corrected chi connectivity index (χ0v) is 10.3. The van der Waals surface area contributed by atoms with Crippen molar-refractivity contribution in [3.63, 3.8) is 0 Å². The zero-order chi connectivity index (χ0) is 13.3. The largest absolute Gasteiger partial charge is 0.480 e. The Bertz CT molecular complexity index is 512. The summed E-state index contributed by atoms with van der Waals surface area (Å²) in [5.74, 6) is -1.38. The summed E-state index contributed by atoms with van der Waals surface area (Å²) in [6, 6.07) is 4.74. The lowest BCUT2D eigenvalue weighted by Gasteiger charge is -2.13. The third-order valence-electron chi connectivity index (χ3n) is 3.11. The third kappa shape index (κ3) is 2.47. The molecule has 4 N–H and O–H groups in total. The molecule has 0 radical (unpaired) electrons. The number of nitrogens with one attached hydrogen (secondary N) is 1. The first-order chi connectivity index (χ1) is 8.44. The van der Waals surface area contributed by atoms with E-state index < -0.39 is 17.4 Å². The summed E-state index contributed by atoms with van der Waals surface area (Å²) in [4.78, 5) is 21.9. The van der Waals surface area contributed by atoms with Crippen LogP contribution in [0.3, 0.4) is 0 Å². The van der Waals surface area contributed by atoms with Crippen LogP contribution >= 0.6 is 11.6 Å². The number of carboxylic acids is 1. The summed E-state index contributed by atoms with van der Waals surface area (Å²) >= 11 is 6.01. The summed E-state index contributed by atoms with van der Waals surface area (Å²) in [6.07, 6.45) is 1.25. The molecule has 1 aliphatic rings. The molecule has 1 aromatic carbocycles. The van der Waals surface area contributed by atoms with Gasteiger partial charge in [0.25, 0.3) is 0 Å². The number of primary amides is 1. The fourth-order valence-electron chi connectivity index (χ4n) is 1.70. The molecule has 1 fully saturated rings. The van der Waals surface area contributed by atoms with Crippen LogP contribution in [0.1, 0.15) is 28.8 Å². The molecule has 0 bridgehead atoms. The van der Waals surface area contributed by atoms with Crippen molar-refractivity contribution in [1.29, 1.82) is 0 Å². The van der Waals surface area contributed by atoms with Crippen LogP contribution in [0.2, 0.25) is 5.02 Å². The molecular formula is C12H13ClN2O3. The monoisotopic (exact) mass is 268 g/mol. The number of halogens is 1. The molecule has 2 rings (SSSR count). The number of hydrogen-bond acceptors (Lipinski definition) is 3. The predicted molar refractivity (Wildman–Crippen MR) is 66.4 cm³/mol. The zero-order valence-electron chi connectivity index (χ0n) is 9.57. The maximum Gasteiger partial charge on any atom is 0.323 e. The van der Waals surface area contributed by atoms with Gasteiger partial charge in [-0.25, -0.2) is 0 Å². The highest BCUT2D eigenvalue weighted by molar-refractivity contribution is 6.31. The van der Waals surface area contributed by atoms with Crippen molar-refractivity contribution in [1.82, 2.24) is 5.32 Å². The molecule has 5 nitrogen and oxygen atoms in total. The van der Waals surface area contributed by atoms with Crippen LogP contribution in [0.15, 0.2) is 18.2 Å². The van der Waals surface area contributed by atoms with E-state index in [1.807, 2.05) is 0 Å². The minimum atomic E-state index is -0.840. The first kappa shape index (κ1) is 12.9. The lowest BCUT2D eigenvalue weighted by molar-refractivity contribution is -0.140. The molecule has 0 atom stereocenters. The fourth-order valence-corrected chi connectivity index (χ4v) is 1.95. The van der Waals surface area contributed by atoms with Gasteiger partial charge >= 0.3 is 5.97 Å². The maximum atomic E-state index is 11.0. The second kappa shape index (κ2) is 4.59. The maximum absolute atomic E-state index is 11.0. The van der Waals surface area contributed by atoms with Gasteiger partial charge in [-0.05, 0) is 30.5 Å². The van der Waals surface area contributed by atoms with Crippen LogP contribution in [0.25, 0.3) is 0 Å². The SMILES string of the molecule is NC(=O)c1ccc(CNC2(C(=O)O)CC2)c(Cl)c1. The quantitative estimate of drug-likeness (QED) is 0.747. The van der Waals surface area contributed by atoms with E-state index in [-0.39, 0.29) is 0 Å². The Morgan fingerprint density at radius 3 is 2.56 bits per heavy atom. The van der Waals surface area contributed by atoms with Gasteiger partial charge in [-0.15, -0.1) is 0 Å². The second-order valence-electron chi connectivity index (χ2n) is 4.41. The number of carbonyl (C=O) groups excluding carboxylic acids is 1. The first-order valence-corrected chi connectivity index (χ1v) is 5.89. The topological polar surface area (TPSA) is 92.4 Å². The van der Waals surface area contributed by atoms with Crippen molar-refractivity contribution < 1.29 is 14.7 Å². The molecule has 0 saturated heterocycles. The molecule has 0 spiro atoms. The number of carboxylic acid groups (broad SMARTS) is 1. The minimum absolute atomic E-state index is 0.336. The average molecular weight is 269 g/mol. The smallest absolute Gasteiger partial charge is 0.323 e. The second-order valence-corrected chi connectivity index (χ2v) is 4.82. The van der Waals surface area contributed by atoms with E-state index >= 15 is 0 Å². The Kier molecular flexibility index (Phi) is 3.28. The highest BCUT2D eigenvalue weighted by Gasteiger charge is 2.49. The molecular weight excluding hydrogens is 256 g/mol. The number of aliphatic carboxylic acids is 1. The van der Waals surface area contributed by atoms with E-state index in [9.17, 15) is 9.59 Å². The van der Waals surface area contributed by atoms with E-state index in [2.05, 4.69) is 5.32 Å². The van der Waals surface area contributed by atoms with Gasteiger partial charge in [-0.1, -0.05) is 17.7 Å². The molecule has 0 aromatic heterocycles. The summed E-state index contributed by atoms with van der Waals surface area (Å²) in [5.41, 5.74) is 5.42. The average Bonchev–Trinajstić information content (AvgIpc) is 3.08. The Balaban J connectivity index is 2.07. The molecule has 1 aromatic rings. The Morgan fingerprint density at radius 2 is 2.11 bits per heavy atom. The Morgan fingerprint density at radius 1 is 1.44 bits per heavy atom. The van der Waals surface area contributed by atoms with Gasteiger partial charge in [-0.2, -0.15) is 0 Å². The number of rotatable bonds is 5. The van der Waals surface area contributed by atoms with Crippen molar-refractivity contribution >= 4 is 23.5 Å². The number of carbonyl (C=O) groups is 2. The highest BCUT2D eigenvalue weighted by atomic mass is 35.5. The summed E-state index contributed by atoms with van der Waals surface area (Å²) in [5, 5.41) is 12.4. The van der Waals surface area contributed by atoms with Crippen LogP contribution in [-0.2, 0) is 11.3 Å². The fraction of sp³-hybridized carbons (Fsp3) is 0.333. The molecule has 18 heavy (non-hydrogen) atoms. The molecule has 6 heteroatoms. The van der Waals surface area contributed by atoms with Crippen molar-refractivity contribution in [2.75, 3.05) is 0 Å². The van der Waals surface area contributed by atoms with Crippen molar-refractivity contribution in [2.45, 2.75) is 24.9 Å².